The molecule has 1 fully saturated rings. The maximum Gasteiger partial charge on any atom is 0.228 e. The van der Waals surface area contributed by atoms with E-state index < -0.39 is 0 Å². The number of hydrogen-bond donors (Lipinski definition) is 0. The smallest absolute Gasteiger partial charge is 0.228 e. The summed E-state index contributed by atoms with van der Waals surface area (Å²) in [5.41, 5.74) is 6.92. The van der Waals surface area contributed by atoms with Crippen molar-refractivity contribution in [3.8, 4) is 22.8 Å². The molecule has 34 heavy (non-hydrogen) atoms. The molecule has 2 aromatic carbocycles. The van der Waals surface area contributed by atoms with Gasteiger partial charge in [0.25, 0.3) is 0 Å². The lowest BCUT2D eigenvalue weighted by Crippen LogP contribution is -2.32. The Bertz CT molecular complexity index is 1440. The zero-order valence-electron chi connectivity index (χ0n) is 21.2. The van der Waals surface area contributed by atoms with E-state index in [1.54, 1.807) is 0 Å². The van der Waals surface area contributed by atoms with Crippen LogP contribution in [0.1, 0.15) is 75.0 Å². The van der Waals surface area contributed by atoms with Gasteiger partial charge in [0.2, 0.25) is 5.69 Å². The lowest BCUT2D eigenvalue weighted by molar-refractivity contribution is -0.659. The minimum atomic E-state index is 0.557. The number of ether oxygens (including phenoxy) is 1. The Balaban J connectivity index is 1.53. The van der Waals surface area contributed by atoms with E-state index >= 15 is 0 Å². The van der Waals surface area contributed by atoms with Crippen LogP contribution in [0.25, 0.3) is 32.8 Å². The Morgan fingerprint density at radius 2 is 1.79 bits per heavy atom. The molecule has 1 aliphatic heterocycles. The molecule has 0 saturated heterocycles. The summed E-state index contributed by atoms with van der Waals surface area (Å²) >= 11 is 0. The van der Waals surface area contributed by atoms with Gasteiger partial charge in [-0.2, -0.15) is 0 Å². The van der Waals surface area contributed by atoms with Crippen LogP contribution in [0.3, 0.4) is 0 Å². The summed E-state index contributed by atoms with van der Waals surface area (Å²) in [6, 6.07) is 9.19. The predicted molar refractivity (Wildman–Crippen MR) is 140 cm³/mol. The van der Waals surface area contributed by atoms with E-state index in [0.717, 1.165) is 11.5 Å². The predicted octanol–water partition coefficient (Wildman–Crippen LogP) is 8.07. The molecule has 0 bridgehead atoms. The molecule has 0 radical (unpaired) electrons. The molecule has 2 aromatic heterocycles. The van der Waals surface area contributed by atoms with Crippen molar-refractivity contribution in [2.45, 2.75) is 72.1 Å². The highest BCUT2D eigenvalue weighted by Crippen LogP contribution is 2.52. The van der Waals surface area contributed by atoms with Crippen LogP contribution in [0.4, 0.5) is 0 Å². The van der Waals surface area contributed by atoms with Gasteiger partial charge < -0.3 is 4.74 Å². The summed E-state index contributed by atoms with van der Waals surface area (Å²) in [5, 5.41) is 4.96. The molecular formula is C31H35N2O+. The first kappa shape index (κ1) is 21.6. The largest absolute Gasteiger partial charge is 0.455 e. The summed E-state index contributed by atoms with van der Waals surface area (Å²) in [7, 11) is 2.16. The van der Waals surface area contributed by atoms with Gasteiger partial charge in [0.15, 0.2) is 6.20 Å². The fourth-order valence-electron chi connectivity index (χ4n) is 6.78. The second-order valence-corrected chi connectivity index (χ2v) is 10.7. The van der Waals surface area contributed by atoms with Crippen LogP contribution >= 0.6 is 0 Å². The molecule has 3 heterocycles. The standard InChI is InChI=1S/C31H35N2O/c1-6-31(7-2)12-8-21(9-13-31)23-16-22-11-15-33(5)29-27-19(3)24-10-14-32-18-25(24)20(4)30(27)34-26(17-23)28(22)29/h10-11,14-18,21H,6-9,12-13H2,1-5H3/q+1. The third-order valence-corrected chi connectivity index (χ3v) is 9.26. The molecule has 0 spiro atoms. The summed E-state index contributed by atoms with van der Waals surface area (Å²) in [4.78, 5) is 4.40. The Hall–Kier alpha value is -2.94. The number of nitrogens with zero attached hydrogens (tertiary/aromatic N) is 2. The maximum atomic E-state index is 6.80. The van der Waals surface area contributed by atoms with Crippen molar-refractivity contribution in [3.63, 3.8) is 0 Å². The fourth-order valence-corrected chi connectivity index (χ4v) is 6.78. The zero-order chi connectivity index (χ0) is 23.6. The topological polar surface area (TPSA) is 26.0 Å². The van der Waals surface area contributed by atoms with Gasteiger partial charge in [-0.05, 0) is 84.9 Å². The highest BCUT2D eigenvalue weighted by Gasteiger charge is 2.35. The van der Waals surface area contributed by atoms with Crippen molar-refractivity contribution >= 4 is 21.5 Å². The molecular weight excluding hydrogens is 416 g/mol. The van der Waals surface area contributed by atoms with E-state index in [2.05, 4.69) is 74.8 Å². The first-order chi connectivity index (χ1) is 16.5. The van der Waals surface area contributed by atoms with Crippen molar-refractivity contribution in [1.29, 1.82) is 0 Å². The van der Waals surface area contributed by atoms with Gasteiger partial charge in [-0.15, -0.1) is 0 Å². The highest BCUT2D eigenvalue weighted by atomic mass is 16.5. The monoisotopic (exact) mass is 451 g/mol. The lowest BCUT2D eigenvalue weighted by Gasteiger charge is -2.39. The van der Waals surface area contributed by atoms with Crippen molar-refractivity contribution < 1.29 is 9.30 Å². The second kappa shape index (κ2) is 7.80. The van der Waals surface area contributed by atoms with Gasteiger partial charge in [-0.1, -0.05) is 32.8 Å². The maximum absolute atomic E-state index is 6.80. The molecule has 2 aliphatic rings. The number of benzene rings is 2. The third-order valence-electron chi connectivity index (χ3n) is 9.26. The van der Waals surface area contributed by atoms with E-state index in [0.29, 0.717) is 11.3 Å². The van der Waals surface area contributed by atoms with Crippen molar-refractivity contribution in [1.82, 2.24) is 4.98 Å². The summed E-state index contributed by atoms with van der Waals surface area (Å²) in [5.74, 6) is 2.63. The molecule has 3 heteroatoms. The average molecular weight is 452 g/mol. The van der Waals surface area contributed by atoms with E-state index in [4.69, 9.17) is 4.74 Å². The lowest BCUT2D eigenvalue weighted by atomic mass is 9.66. The van der Waals surface area contributed by atoms with Crippen molar-refractivity contribution in [2.75, 3.05) is 0 Å². The van der Waals surface area contributed by atoms with Crippen LogP contribution in [-0.4, -0.2) is 4.98 Å². The van der Waals surface area contributed by atoms with Gasteiger partial charge in [0.1, 0.15) is 18.5 Å². The fraction of sp³-hybridized carbons (Fsp3) is 0.419. The van der Waals surface area contributed by atoms with Crippen LogP contribution in [0.5, 0.6) is 11.5 Å². The van der Waals surface area contributed by atoms with Gasteiger partial charge in [0, 0.05) is 29.4 Å². The van der Waals surface area contributed by atoms with Crippen molar-refractivity contribution in [2.24, 2.45) is 12.5 Å². The molecule has 0 amide bonds. The minimum absolute atomic E-state index is 0.557. The van der Waals surface area contributed by atoms with Gasteiger partial charge in [0.05, 0.1) is 10.9 Å². The molecule has 1 saturated carbocycles. The molecule has 1 aliphatic carbocycles. The first-order valence-corrected chi connectivity index (χ1v) is 13.0. The quantitative estimate of drug-likeness (QED) is 0.259. The molecule has 174 valence electrons. The Kier molecular flexibility index (Phi) is 4.95. The van der Waals surface area contributed by atoms with E-state index in [-0.39, 0.29) is 0 Å². The van der Waals surface area contributed by atoms with E-state index in [1.165, 1.54) is 88.0 Å². The number of rotatable bonds is 3. The molecule has 6 rings (SSSR count). The van der Waals surface area contributed by atoms with Crippen LogP contribution in [0, 0.1) is 19.3 Å². The number of pyridine rings is 2. The molecule has 0 N–H and O–H groups in total. The Labute approximate surface area is 202 Å². The minimum Gasteiger partial charge on any atom is -0.455 e. The van der Waals surface area contributed by atoms with E-state index in [9.17, 15) is 0 Å². The first-order valence-electron chi connectivity index (χ1n) is 13.0. The van der Waals surface area contributed by atoms with Crippen LogP contribution < -0.4 is 9.30 Å². The number of aryl methyl sites for hydroxylation is 3. The van der Waals surface area contributed by atoms with Gasteiger partial charge in [-0.3, -0.25) is 4.98 Å². The van der Waals surface area contributed by atoms with Gasteiger partial charge in [-0.25, -0.2) is 4.57 Å². The Morgan fingerprint density at radius 3 is 2.53 bits per heavy atom. The normalized spacial score (nSPS) is 17.1. The van der Waals surface area contributed by atoms with E-state index in [1.807, 2.05) is 12.4 Å². The average Bonchev–Trinajstić information content (AvgIpc) is 2.88. The molecule has 0 atom stereocenters. The van der Waals surface area contributed by atoms with Crippen molar-refractivity contribution in [3.05, 3.63) is 59.5 Å². The van der Waals surface area contributed by atoms with Crippen LogP contribution in [0.2, 0.25) is 0 Å². The summed E-state index contributed by atoms with van der Waals surface area (Å²) in [6.07, 6.45) is 13.9. The molecule has 0 unspecified atom stereocenters. The number of hydrogen-bond acceptors (Lipinski definition) is 2. The Morgan fingerprint density at radius 1 is 1.03 bits per heavy atom. The molecule has 3 nitrogen and oxygen atoms in total. The SMILES string of the molecule is CCC1(CC)CCC(c2cc3c4c([n+](C)ccc4c2)-c2c(c(C)c4cnccc4c2C)O3)CC1. The molecule has 4 aromatic rings. The number of aromatic nitrogens is 2. The summed E-state index contributed by atoms with van der Waals surface area (Å²) < 4.78 is 9.07. The van der Waals surface area contributed by atoms with Crippen LogP contribution in [-0.2, 0) is 7.05 Å². The summed E-state index contributed by atoms with van der Waals surface area (Å²) in [6.45, 7) is 9.14. The zero-order valence-corrected chi connectivity index (χ0v) is 21.2. The number of fused-ring (bicyclic) bond motifs is 3. The highest BCUT2D eigenvalue weighted by molar-refractivity contribution is 6.06. The van der Waals surface area contributed by atoms with Gasteiger partial charge >= 0.3 is 0 Å². The second-order valence-electron chi connectivity index (χ2n) is 10.7. The third kappa shape index (κ3) is 3.02. The van der Waals surface area contributed by atoms with Crippen LogP contribution in [0.15, 0.2) is 42.9 Å².